The molecular weight excluding hydrogens is 870 g/mol. The molecule has 340 valence electrons. The first-order valence-corrected chi connectivity index (χ1v) is 22.1. The van der Waals surface area contributed by atoms with Gasteiger partial charge in [-0.25, -0.2) is 4.98 Å². The Balaban J connectivity index is 0.876. The molecule has 18 heteroatoms. The highest BCUT2D eigenvalue weighted by Gasteiger charge is 2.51. The number of ether oxygens (including phenoxy) is 1. The molecule has 2 aliphatic heterocycles. The van der Waals surface area contributed by atoms with Crippen LogP contribution in [0.4, 0.5) is 11.4 Å². The Morgan fingerprint density at radius 2 is 1.75 bits per heavy atom. The third kappa shape index (κ3) is 10.4. The summed E-state index contributed by atoms with van der Waals surface area (Å²) in [6.45, 7) is 9.85. The number of rotatable bonds is 15. The number of carbonyl (C=O) groups is 4. The van der Waals surface area contributed by atoms with E-state index < -0.39 is 52.4 Å². The summed E-state index contributed by atoms with van der Waals surface area (Å²) >= 11 is 11.1. The highest BCUT2D eigenvalue weighted by Crippen LogP contribution is 2.41. The summed E-state index contributed by atoms with van der Waals surface area (Å²) in [5.74, 6) is -0.862. The van der Waals surface area contributed by atoms with Crippen LogP contribution in [0.15, 0.2) is 96.1 Å². The van der Waals surface area contributed by atoms with Gasteiger partial charge in [-0.15, -0.1) is 12.6 Å². The van der Waals surface area contributed by atoms with E-state index in [0.717, 1.165) is 27.9 Å². The summed E-state index contributed by atoms with van der Waals surface area (Å²) in [5, 5.41) is 30.3. The summed E-state index contributed by atoms with van der Waals surface area (Å²) in [5.41, 5.74) is 2.90. The monoisotopic (exact) mass is 921 g/mol. The van der Waals surface area contributed by atoms with Crippen molar-refractivity contribution in [2.24, 2.45) is 5.41 Å². The minimum atomic E-state index is -0.980. The van der Waals surface area contributed by atoms with Crippen molar-refractivity contribution in [1.29, 1.82) is 5.26 Å². The highest BCUT2D eigenvalue weighted by molar-refractivity contribution is 7.81. The van der Waals surface area contributed by atoms with Crippen molar-refractivity contribution in [3.8, 4) is 28.5 Å². The number of benzene rings is 3. The van der Waals surface area contributed by atoms with E-state index in [9.17, 15) is 29.5 Å². The van der Waals surface area contributed by atoms with Crippen molar-refractivity contribution in [2.75, 3.05) is 29.6 Å². The molecule has 2 aromatic heterocycles. The number of oxazole rings is 1. The lowest BCUT2D eigenvalue weighted by molar-refractivity contribution is -0.144. The van der Waals surface area contributed by atoms with Gasteiger partial charge in [0.25, 0.3) is 5.91 Å². The first kappa shape index (κ1) is 46.8. The van der Waals surface area contributed by atoms with Crippen molar-refractivity contribution in [1.82, 2.24) is 30.3 Å². The van der Waals surface area contributed by atoms with Crippen molar-refractivity contribution < 1.29 is 33.4 Å². The summed E-state index contributed by atoms with van der Waals surface area (Å²) in [4.78, 5) is 63.0. The lowest BCUT2D eigenvalue weighted by Crippen LogP contribution is -2.58. The van der Waals surface area contributed by atoms with E-state index >= 15 is 0 Å². The Kier molecular flexibility index (Phi) is 14.0. The highest BCUT2D eigenvalue weighted by atomic mass is 35.5. The molecule has 16 nitrogen and oxygen atoms in total. The average molecular weight is 923 g/mol. The summed E-state index contributed by atoms with van der Waals surface area (Å²) in [7, 11) is 0. The number of aliphatic hydroxyl groups is 1. The van der Waals surface area contributed by atoms with E-state index in [-0.39, 0.29) is 43.7 Å². The second kappa shape index (κ2) is 19.5. The smallest absolute Gasteiger partial charge is 0.254 e. The molecule has 2 aliphatic rings. The Morgan fingerprint density at radius 1 is 1.05 bits per heavy atom. The second-order valence-electron chi connectivity index (χ2n) is 17.7. The summed E-state index contributed by atoms with van der Waals surface area (Å²) < 4.78 is 12.8. The quantitative estimate of drug-likeness (QED) is 0.0732. The van der Waals surface area contributed by atoms with Crippen molar-refractivity contribution in [2.45, 2.75) is 89.8 Å². The standard InChI is InChI=1S/C47H52ClN9O7S/c1-46(2,3)41(43(61)55-26-36(58)20-38(55)42(60)51-22-29-7-9-31(10-8-29)39-24-50-28-64-39)53-40(59)27-63-18-6-17-54-25-33(23-52-54)30-11-14-34(15-12-30)57-45(65)56(44(62)47(57,4)5)35-16-13-32(21-49)37(48)19-35/h7-16,19,23-25,28,36,38,41,45,58,65H,6,17-18,20,22,26-27H2,1-5H3,(H,51,60)(H,53,59)/t36-,38+,41-,45?/m1/s1. The van der Waals surface area contributed by atoms with Crippen LogP contribution in [0.3, 0.4) is 0 Å². The molecule has 4 amide bonds. The van der Waals surface area contributed by atoms with Gasteiger partial charge in [-0.3, -0.25) is 28.8 Å². The van der Waals surface area contributed by atoms with E-state index in [1.807, 2.05) is 100 Å². The number of nitrogens with zero attached hydrogens (tertiary/aromatic N) is 7. The van der Waals surface area contributed by atoms with Gasteiger partial charge in [0, 0.05) is 61.4 Å². The number of thiol groups is 1. The zero-order chi connectivity index (χ0) is 46.6. The number of carbonyl (C=O) groups excluding carboxylic acids is 4. The van der Waals surface area contributed by atoms with E-state index in [0.29, 0.717) is 30.0 Å². The Morgan fingerprint density at radius 3 is 2.42 bits per heavy atom. The fourth-order valence-electron chi connectivity index (χ4n) is 8.08. The van der Waals surface area contributed by atoms with Gasteiger partial charge < -0.3 is 34.7 Å². The normalized spacial score (nSPS) is 18.7. The van der Waals surface area contributed by atoms with Gasteiger partial charge in [0.1, 0.15) is 30.3 Å². The van der Waals surface area contributed by atoms with Crippen LogP contribution in [-0.4, -0.2) is 97.4 Å². The zero-order valence-corrected chi connectivity index (χ0v) is 38.4. The molecule has 2 fully saturated rings. The molecule has 0 saturated carbocycles. The Hall–Kier alpha value is -6.19. The van der Waals surface area contributed by atoms with Crippen LogP contribution >= 0.6 is 24.2 Å². The predicted molar refractivity (Wildman–Crippen MR) is 247 cm³/mol. The number of likely N-dealkylation sites (tertiary alicyclic amines) is 1. The first-order chi connectivity index (χ1) is 31.0. The third-order valence-corrected chi connectivity index (χ3v) is 12.4. The van der Waals surface area contributed by atoms with Crippen LogP contribution in [0.2, 0.25) is 5.02 Å². The molecule has 7 rings (SSSR count). The fourth-order valence-corrected chi connectivity index (χ4v) is 8.95. The molecule has 5 aromatic rings. The van der Waals surface area contributed by atoms with Crippen LogP contribution in [-0.2, 0) is 37.0 Å². The number of aliphatic hydroxyl groups excluding tert-OH is 1. The predicted octanol–water partition coefficient (Wildman–Crippen LogP) is 5.79. The number of nitrogens with one attached hydrogen (secondary N) is 2. The summed E-state index contributed by atoms with van der Waals surface area (Å²) in [6, 6.07) is 20.3. The van der Waals surface area contributed by atoms with Gasteiger partial charge in [-0.1, -0.05) is 68.8 Å². The topological polar surface area (TPSA) is 199 Å². The molecule has 3 N–H and O–H groups in total. The number of anilines is 2. The third-order valence-electron chi connectivity index (χ3n) is 11.6. The van der Waals surface area contributed by atoms with E-state index in [1.165, 1.54) is 11.3 Å². The number of hydrogen-bond donors (Lipinski definition) is 4. The molecule has 2 saturated heterocycles. The SMILES string of the molecule is CC(C)(C)[C@H](NC(=O)COCCCn1cc(-c2ccc(N3C(S)N(c4ccc(C#N)c(Cl)c4)C(=O)C3(C)C)cc2)cn1)C(=O)N1C[C@H](O)C[C@H]1C(=O)NCc1ccc(-c2cnco2)cc1. The molecule has 1 unspecified atom stereocenters. The second-order valence-corrected chi connectivity index (χ2v) is 18.6. The molecule has 4 heterocycles. The van der Waals surface area contributed by atoms with Gasteiger partial charge in [0.05, 0.1) is 29.1 Å². The molecule has 0 bridgehead atoms. The average Bonchev–Trinajstić information content (AvgIpc) is 4.09. The van der Waals surface area contributed by atoms with Gasteiger partial charge in [0.2, 0.25) is 17.7 Å². The molecule has 0 radical (unpaired) electrons. The molecular formula is C47H52ClN9O7S. The zero-order valence-electron chi connectivity index (χ0n) is 36.8. The van der Waals surface area contributed by atoms with Crippen LogP contribution in [0.5, 0.6) is 0 Å². The number of amides is 4. The number of nitriles is 1. The number of hydrogen-bond acceptors (Lipinski definition) is 12. The van der Waals surface area contributed by atoms with Crippen LogP contribution in [0.25, 0.3) is 22.5 Å². The van der Waals surface area contributed by atoms with E-state index in [2.05, 4.69) is 20.7 Å². The molecule has 0 spiro atoms. The number of halogens is 1. The maximum atomic E-state index is 14.0. The largest absolute Gasteiger partial charge is 0.444 e. The van der Waals surface area contributed by atoms with Crippen LogP contribution in [0, 0.1) is 16.7 Å². The van der Waals surface area contributed by atoms with E-state index in [4.69, 9.17) is 33.4 Å². The maximum Gasteiger partial charge on any atom is 0.254 e. The number of aromatic nitrogens is 3. The molecule has 3 aromatic carbocycles. The Labute approximate surface area is 387 Å². The van der Waals surface area contributed by atoms with Crippen molar-refractivity contribution in [3.05, 3.63) is 108 Å². The number of β-amino-alcohol motifs (C(OH)–C–C–N with tert-alkyl or cyclic N) is 1. The van der Waals surface area contributed by atoms with Gasteiger partial charge >= 0.3 is 0 Å². The first-order valence-electron chi connectivity index (χ1n) is 21.2. The van der Waals surface area contributed by atoms with Crippen LogP contribution in [0.1, 0.15) is 58.6 Å². The maximum absolute atomic E-state index is 14.0. The minimum Gasteiger partial charge on any atom is -0.444 e. The molecule has 4 atom stereocenters. The van der Waals surface area contributed by atoms with Gasteiger partial charge in [-0.05, 0) is 67.1 Å². The molecule has 0 aliphatic carbocycles. The minimum absolute atomic E-state index is 0.0327. The van der Waals surface area contributed by atoms with Crippen molar-refractivity contribution >= 4 is 59.2 Å². The summed E-state index contributed by atoms with van der Waals surface area (Å²) in [6.07, 6.45) is 6.41. The Bertz CT molecular complexity index is 2550. The lowest BCUT2D eigenvalue weighted by atomic mass is 9.85. The molecule has 65 heavy (non-hydrogen) atoms. The number of aryl methyl sites for hydroxylation is 1. The van der Waals surface area contributed by atoms with Crippen LogP contribution < -0.4 is 20.4 Å². The van der Waals surface area contributed by atoms with Crippen molar-refractivity contribution in [3.63, 3.8) is 0 Å². The lowest BCUT2D eigenvalue weighted by Gasteiger charge is -2.35. The van der Waals surface area contributed by atoms with E-state index in [1.54, 1.807) is 40.2 Å². The fraction of sp³-hybridized carbons (Fsp3) is 0.383. The van der Waals surface area contributed by atoms with Gasteiger partial charge in [-0.2, -0.15) is 10.4 Å². The van der Waals surface area contributed by atoms with Gasteiger partial charge in [0.15, 0.2) is 17.7 Å².